The maximum atomic E-state index is 12.2. The molecule has 3 aromatic rings. The molecule has 0 spiro atoms. The quantitative estimate of drug-likeness (QED) is 0.767. The monoisotopic (exact) mass is 319 g/mol. The molecule has 0 aliphatic rings. The van der Waals surface area contributed by atoms with Gasteiger partial charge in [0.2, 0.25) is 5.91 Å². The summed E-state index contributed by atoms with van der Waals surface area (Å²) < 4.78 is 1.78. The number of nitrogens with zero attached hydrogens (tertiary/aromatic N) is 2. The lowest BCUT2D eigenvalue weighted by molar-refractivity contribution is -0.115. The molecule has 1 heterocycles. The smallest absolute Gasteiger partial charge is 0.228 e. The Balaban J connectivity index is 1.62. The number of amides is 1. The first-order chi connectivity index (χ1) is 11.6. The van der Waals surface area contributed by atoms with Crippen molar-refractivity contribution in [1.29, 1.82) is 0 Å². The van der Waals surface area contributed by atoms with E-state index in [2.05, 4.69) is 24.3 Å². The number of rotatable bonds is 5. The fourth-order valence-electron chi connectivity index (χ4n) is 2.52. The van der Waals surface area contributed by atoms with E-state index in [1.165, 1.54) is 5.56 Å². The minimum absolute atomic E-state index is 0.0418. The molecule has 4 nitrogen and oxygen atoms in total. The molecule has 1 N–H and O–H groups in total. The van der Waals surface area contributed by atoms with Crippen molar-refractivity contribution in [2.75, 3.05) is 5.32 Å². The van der Waals surface area contributed by atoms with Gasteiger partial charge in [0, 0.05) is 11.9 Å². The van der Waals surface area contributed by atoms with Gasteiger partial charge in [-0.1, -0.05) is 44.2 Å². The molecule has 4 heteroatoms. The molecule has 0 bridgehead atoms. The lowest BCUT2D eigenvalue weighted by Gasteiger charge is -2.08. The van der Waals surface area contributed by atoms with E-state index in [0.717, 1.165) is 16.9 Å². The number of hydrogen-bond acceptors (Lipinski definition) is 2. The molecule has 0 radical (unpaired) electrons. The van der Waals surface area contributed by atoms with Crippen LogP contribution >= 0.6 is 0 Å². The van der Waals surface area contributed by atoms with Gasteiger partial charge < -0.3 is 5.32 Å². The Hall–Kier alpha value is -2.88. The predicted octanol–water partition coefficient (Wildman–Crippen LogP) is 4.18. The Kier molecular flexibility index (Phi) is 4.75. The van der Waals surface area contributed by atoms with Crippen LogP contribution in [0.5, 0.6) is 0 Å². The molecule has 0 aliphatic carbocycles. The Labute approximate surface area is 142 Å². The van der Waals surface area contributed by atoms with Crippen molar-refractivity contribution in [2.24, 2.45) is 0 Å². The second-order valence-corrected chi connectivity index (χ2v) is 6.13. The highest BCUT2D eigenvalue weighted by atomic mass is 16.1. The average Bonchev–Trinajstić information content (AvgIpc) is 3.04. The van der Waals surface area contributed by atoms with Crippen molar-refractivity contribution in [3.8, 4) is 5.69 Å². The number of nitrogens with one attached hydrogen (secondary N) is 1. The van der Waals surface area contributed by atoms with Crippen molar-refractivity contribution in [3.05, 3.63) is 78.1 Å². The summed E-state index contributed by atoms with van der Waals surface area (Å²) >= 11 is 0. The average molecular weight is 319 g/mol. The largest absolute Gasteiger partial charge is 0.326 e. The number of hydrogen-bond donors (Lipinski definition) is 1. The molecule has 1 aromatic heterocycles. The fraction of sp³-hybridized carbons (Fsp3) is 0.200. The lowest BCUT2D eigenvalue weighted by atomic mass is 10.0. The fourth-order valence-corrected chi connectivity index (χ4v) is 2.52. The van der Waals surface area contributed by atoms with Crippen LogP contribution in [0, 0.1) is 0 Å². The zero-order valence-electron chi connectivity index (χ0n) is 13.9. The van der Waals surface area contributed by atoms with Gasteiger partial charge in [0.05, 0.1) is 18.3 Å². The van der Waals surface area contributed by atoms with Crippen LogP contribution in [0.2, 0.25) is 0 Å². The van der Waals surface area contributed by atoms with E-state index in [-0.39, 0.29) is 5.91 Å². The summed E-state index contributed by atoms with van der Waals surface area (Å²) in [5, 5.41) is 7.24. The van der Waals surface area contributed by atoms with Gasteiger partial charge >= 0.3 is 0 Å². The van der Waals surface area contributed by atoms with Crippen LogP contribution in [0.1, 0.15) is 30.9 Å². The third-order valence-electron chi connectivity index (χ3n) is 3.88. The minimum Gasteiger partial charge on any atom is -0.326 e. The van der Waals surface area contributed by atoms with Gasteiger partial charge in [-0.05, 0) is 41.3 Å². The van der Waals surface area contributed by atoms with Crippen molar-refractivity contribution in [3.63, 3.8) is 0 Å². The van der Waals surface area contributed by atoms with Crippen LogP contribution < -0.4 is 5.32 Å². The highest BCUT2D eigenvalue weighted by molar-refractivity contribution is 5.92. The first-order valence-electron chi connectivity index (χ1n) is 8.10. The highest BCUT2D eigenvalue weighted by Gasteiger charge is 2.08. The van der Waals surface area contributed by atoms with Gasteiger partial charge in [-0.25, -0.2) is 4.68 Å². The maximum Gasteiger partial charge on any atom is 0.228 e. The molecular formula is C20H21N3O. The number of benzene rings is 2. The SMILES string of the molecule is CC(C)c1ccc(NC(=O)Cc2cnn(-c3ccccc3)c2)cc1. The number of carbonyl (C=O) groups excluding carboxylic acids is 1. The van der Waals surface area contributed by atoms with Crippen molar-refractivity contribution in [1.82, 2.24) is 9.78 Å². The maximum absolute atomic E-state index is 12.2. The molecule has 0 saturated heterocycles. The van der Waals surface area contributed by atoms with Gasteiger partial charge in [0.25, 0.3) is 0 Å². The second kappa shape index (κ2) is 7.13. The summed E-state index contributed by atoms with van der Waals surface area (Å²) in [5.41, 5.74) is 3.94. The molecule has 0 aliphatic heterocycles. The van der Waals surface area contributed by atoms with Gasteiger partial charge in [0.1, 0.15) is 0 Å². The summed E-state index contributed by atoms with van der Waals surface area (Å²) in [5.74, 6) is 0.443. The van der Waals surface area contributed by atoms with Crippen molar-refractivity contribution in [2.45, 2.75) is 26.2 Å². The van der Waals surface area contributed by atoms with Crippen LogP contribution in [0.15, 0.2) is 67.0 Å². The predicted molar refractivity (Wildman–Crippen MR) is 96.4 cm³/mol. The normalized spacial score (nSPS) is 10.8. The third-order valence-corrected chi connectivity index (χ3v) is 3.88. The Morgan fingerprint density at radius 1 is 1.08 bits per heavy atom. The van der Waals surface area contributed by atoms with E-state index < -0.39 is 0 Å². The number of aromatic nitrogens is 2. The van der Waals surface area contributed by atoms with Gasteiger partial charge in [-0.3, -0.25) is 4.79 Å². The van der Waals surface area contributed by atoms with Crippen LogP contribution in [0.4, 0.5) is 5.69 Å². The van der Waals surface area contributed by atoms with Crippen LogP contribution in [0.25, 0.3) is 5.69 Å². The molecule has 0 atom stereocenters. The Morgan fingerprint density at radius 2 is 1.79 bits per heavy atom. The summed E-state index contributed by atoms with van der Waals surface area (Å²) in [6, 6.07) is 17.8. The first kappa shape index (κ1) is 16.0. The van der Waals surface area contributed by atoms with Crippen molar-refractivity contribution >= 4 is 11.6 Å². The molecule has 122 valence electrons. The van der Waals surface area contributed by atoms with E-state index in [9.17, 15) is 4.79 Å². The summed E-state index contributed by atoms with van der Waals surface area (Å²) in [6.45, 7) is 4.30. The second-order valence-electron chi connectivity index (χ2n) is 6.13. The summed E-state index contributed by atoms with van der Waals surface area (Å²) in [4.78, 5) is 12.2. The summed E-state index contributed by atoms with van der Waals surface area (Å²) in [7, 11) is 0. The van der Waals surface area contributed by atoms with Gasteiger partial charge in [0.15, 0.2) is 0 Å². The zero-order chi connectivity index (χ0) is 16.9. The summed E-state index contributed by atoms with van der Waals surface area (Å²) in [6.07, 6.45) is 3.92. The van der Waals surface area contributed by atoms with Crippen molar-refractivity contribution < 1.29 is 4.79 Å². The Bertz CT molecular complexity index is 804. The zero-order valence-corrected chi connectivity index (χ0v) is 13.9. The third kappa shape index (κ3) is 3.90. The minimum atomic E-state index is -0.0418. The van der Waals surface area contributed by atoms with Gasteiger partial charge in [-0.15, -0.1) is 0 Å². The Morgan fingerprint density at radius 3 is 2.46 bits per heavy atom. The van der Waals surface area contributed by atoms with Crippen LogP contribution in [-0.4, -0.2) is 15.7 Å². The molecular weight excluding hydrogens is 298 g/mol. The number of para-hydroxylation sites is 1. The van der Waals surface area contributed by atoms with E-state index in [0.29, 0.717) is 12.3 Å². The molecule has 0 saturated carbocycles. The van der Waals surface area contributed by atoms with E-state index in [1.54, 1.807) is 10.9 Å². The molecule has 0 fully saturated rings. The van der Waals surface area contributed by atoms with E-state index in [4.69, 9.17) is 0 Å². The van der Waals surface area contributed by atoms with Crippen LogP contribution in [0.3, 0.4) is 0 Å². The molecule has 24 heavy (non-hydrogen) atoms. The molecule has 1 amide bonds. The first-order valence-corrected chi connectivity index (χ1v) is 8.10. The van der Waals surface area contributed by atoms with Gasteiger partial charge in [-0.2, -0.15) is 5.10 Å². The van der Waals surface area contributed by atoms with Crippen LogP contribution in [-0.2, 0) is 11.2 Å². The molecule has 2 aromatic carbocycles. The lowest BCUT2D eigenvalue weighted by Crippen LogP contribution is -2.14. The molecule has 3 rings (SSSR count). The van der Waals surface area contributed by atoms with E-state index in [1.807, 2.05) is 60.8 Å². The standard InChI is InChI=1S/C20H21N3O/c1-15(2)17-8-10-18(11-9-17)22-20(24)12-16-13-21-23(14-16)19-6-4-3-5-7-19/h3-11,13-15H,12H2,1-2H3,(H,22,24). The van der Waals surface area contributed by atoms with E-state index >= 15 is 0 Å². The highest BCUT2D eigenvalue weighted by Crippen LogP contribution is 2.17. The number of carbonyl (C=O) groups is 1. The molecule has 0 unspecified atom stereocenters. The topological polar surface area (TPSA) is 46.9 Å². The number of anilines is 1.